The number of nitrogens with zero attached hydrogens (tertiary/aromatic N) is 1. The highest BCUT2D eigenvalue weighted by Gasteiger charge is 2.41. The quantitative estimate of drug-likeness (QED) is 0.641. The molecule has 0 unspecified atom stereocenters. The smallest absolute Gasteiger partial charge is 0.410 e. The molecule has 1 aliphatic carbocycles. The summed E-state index contributed by atoms with van der Waals surface area (Å²) in [5.74, 6) is 0.131. The number of carbonyl (C=O) groups excluding carboxylic acids is 1. The Morgan fingerprint density at radius 3 is 2.85 bits per heavy atom. The molecular formula is C8H11NO4. The van der Waals surface area contributed by atoms with Gasteiger partial charge in [-0.2, -0.15) is 0 Å². The minimum atomic E-state index is -1.07. The zero-order chi connectivity index (χ0) is 9.42. The molecule has 1 N–H and O–H groups in total. The minimum Gasteiger partial charge on any atom is -0.465 e. The van der Waals surface area contributed by atoms with Crippen LogP contribution in [0.3, 0.4) is 0 Å². The third kappa shape index (κ3) is 1.59. The van der Waals surface area contributed by atoms with Crippen molar-refractivity contribution >= 4 is 12.1 Å². The summed E-state index contributed by atoms with van der Waals surface area (Å²) >= 11 is 0. The summed E-state index contributed by atoms with van der Waals surface area (Å²) in [6.07, 6.45) is 1.77. The van der Waals surface area contributed by atoms with E-state index in [4.69, 9.17) is 5.11 Å². The number of cyclic esters (lactones) is 1. The van der Waals surface area contributed by atoms with E-state index >= 15 is 0 Å². The first-order valence-corrected chi connectivity index (χ1v) is 4.34. The Balaban J connectivity index is 2.01. The van der Waals surface area contributed by atoms with E-state index in [-0.39, 0.29) is 6.73 Å². The number of carbonyl (C=O) groups is 2. The fourth-order valence-corrected chi connectivity index (χ4v) is 1.53. The van der Waals surface area contributed by atoms with E-state index < -0.39 is 18.1 Å². The van der Waals surface area contributed by atoms with Crippen LogP contribution in [0.1, 0.15) is 19.3 Å². The van der Waals surface area contributed by atoms with Gasteiger partial charge in [0, 0.05) is 0 Å². The third-order valence-corrected chi connectivity index (χ3v) is 2.49. The van der Waals surface area contributed by atoms with Gasteiger partial charge in [0.15, 0.2) is 6.73 Å². The van der Waals surface area contributed by atoms with Crippen molar-refractivity contribution < 1.29 is 19.4 Å². The maximum atomic E-state index is 11.1. The Hall–Kier alpha value is -1.26. The van der Waals surface area contributed by atoms with Crippen molar-refractivity contribution in [1.82, 2.24) is 4.90 Å². The Kier molecular flexibility index (Phi) is 1.86. The number of amides is 1. The first-order chi connectivity index (χ1) is 6.18. The zero-order valence-corrected chi connectivity index (χ0v) is 7.10. The highest BCUT2D eigenvalue weighted by Crippen LogP contribution is 2.35. The first-order valence-electron chi connectivity index (χ1n) is 4.34. The van der Waals surface area contributed by atoms with Crippen LogP contribution in [-0.4, -0.2) is 34.8 Å². The maximum absolute atomic E-state index is 11.1. The summed E-state index contributed by atoms with van der Waals surface area (Å²) in [7, 11) is 0. The molecule has 1 aliphatic heterocycles. The number of hydrogen-bond donors (Lipinski definition) is 1. The predicted molar refractivity (Wildman–Crippen MR) is 42.0 cm³/mol. The fourth-order valence-electron chi connectivity index (χ4n) is 1.53. The van der Waals surface area contributed by atoms with Gasteiger partial charge in [0.2, 0.25) is 0 Å². The minimum absolute atomic E-state index is 0.106. The summed E-state index contributed by atoms with van der Waals surface area (Å²) in [5, 5.41) is 8.73. The molecule has 0 radical (unpaired) electrons. The number of carboxylic acid groups (broad SMARTS) is 1. The Morgan fingerprint density at radius 1 is 1.62 bits per heavy atom. The van der Waals surface area contributed by atoms with Crippen LogP contribution in [0.15, 0.2) is 0 Å². The van der Waals surface area contributed by atoms with Crippen LogP contribution in [0.2, 0.25) is 0 Å². The Bertz CT molecular complexity index is 249. The lowest BCUT2D eigenvalue weighted by Gasteiger charge is -2.15. The van der Waals surface area contributed by atoms with E-state index in [2.05, 4.69) is 4.74 Å². The lowest BCUT2D eigenvalue weighted by molar-refractivity contribution is -0.139. The predicted octanol–water partition coefficient (Wildman–Crippen LogP) is 0.649. The van der Waals surface area contributed by atoms with Crippen LogP contribution in [0.5, 0.6) is 0 Å². The topological polar surface area (TPSA) is 66.8 Å². The molecule has 5 heteroatoms. The number of hydrogen-bond acceptors (Lipinski definition) is 3. The summed E-state index contributed by atoms with van der Waals surface area (Å²) in [6.45, 7) is -0.106. The molecule has 1 saturated heterocycles. The summed E-state index contributed by atoms with van der Waals surface area (Å²) in [4.78, 5) is 22.8. The highest BCUT2D eigenvalue weighted by molar-refractivity contribution is 5.83. The molecule has 0 aromatic carbocycles. The van der Waals surface area contributed by atoms with E-state index in [0.29, 0.717) is 12.3 Å². The Morgan fingerprint density at radius 2 is 2.31 bits per heavy atom. The monoisotopic (exact) mass is 185 g/mol. The van der Waals surface area contributed by atoms with Crippen LogP contribution < -0.4 is 0 Å². The van der Waals surface area contributed by atoms with E-state index in [1.165, 1.54) is 0 Å². The molecule has 2 fully saturated rings. The van der Waals surface area contributed by atoms with Gasteiger partial charge < -0.3 is 9.84 Å². The van der Waals surface area contributed by atoms with Crippen molar-refractivity contribution in [3.05, 3.63) is 0 Å². The number of ether oxygens (including phenoxy) is 1. The zero-order valence-electron chi connectivity index (χ0n) is 7.10. The van der Waals surface area contributed by atoms with Crippen LogP contribution in [0.25, 0.3) is 0 Å². The molecule has 2 rings (SSSR count). The number of esters is 1. The molecule has 5 nitrogen and oxygen atoms in total. The molecule has 2 aliphatic rings. The third-order valence-electron chi connectivity index (χ3n) is 2.49. The van der Waals surface area contributed by atoms with Crippen molar-refractivity contribution in [2.45, 2.75) is 25.3 Å². The van der Waals surface area contributed by atoms with E-state index in [0.717, 1.165) is 17.7 Å². The second kappa shape index (κ2) is 2.90. The van der Waals surface area contributed by atoms with Gasteiger partial charge in [-0.05, 0) is 12.3 Å². The van der Waals surface area contributed by atoms with Gasteiger partial charge in [0.25, 0.3) is 0 Å². The van der Waals surface area contributed by atoms with E-state index in [1.807, 2.05) is 0 Å². The standard InChI is InChI=1S/C8H11NO4/c10-7-6(3-5-1-2-5)9(4-13-7)8(11)12/h5-6H,1-4H2,(H,11,12)/t6-/m0/s1. The maximum Gasteiger partial charge on any atom is 0.410 e. The molecule has 1 atom stereocenters. The summed E-state index contributed by atoms with van der Waals surface area (Å²) in [5.41, 5.74) is 0. The molecule has 0 aromatic rings. The second-order valence-electron chi connectivity index (χ2n) is 3.54. The summed E-state index contributed by atoms with van der Waals surface area (Å²) < 4.78 is 4.67. The second-order valence-corrected chi connectivity index (χ2v) is 3.54. The molecule has 1 saturated carbocycles. The molecule has 0 spiro atoms. The van der Waals surface area contributed by atoms with Gasteiger partial charge in [-0.15, -0.1) is 0 Å². The van der Waals surface area contributed by atoms with Gasteiger partial charge in [-0.25, -0.2) is 9.59 Å². The molecule has 0 bridgehead atoms. The van der Waals surface area contributed by atoms with Crippen molar-refractivity contribution in [2.24, 2.45) is 5.92 Å². The molecular weight excluding hydrogens is 174 g/mol. The SMILES string of the molecule is O=C1OCN(C(=O)O)[C@H]1CC1CC1. The highest BCUT2D eigenvalue weighted by atomic mass is 16.6. The van der Waals surface area contributed by atoms with Crippen molar-refractivity contribution in [2.75, 3.05) is 6.73 Å². The van der Waals surface area contributed by atoms with Crippen molar-refractivity contribution in [3.63, 3.8) is 0 Å². The van der Waals surface area contributed by atoms with E-state index in [9.17, 15) is 9.59 Å². The van der Waals surface area contributed by atoms with Gasteiger partial charge in [0.05, 0.1) is 0 Å². The van der Waals surface area contributed by atoms with Crippen LogP contribution in [0.4, 0.5) is 4.79 Å². The lowest BCUT2D eigenvalue weighted by Crippen LogP contribution is -2.37. The van der Waals surface area contributed by atoms with Crippen molar-refractivity contribution in [1.29, 1.82) is 0 Å². The normalized spacial score (nSPS) is 27.5. The van der Waals surface area contributed by atoms with Crippen LogP contribution in [-0.2, 0) is 9.53 Å². The van der Waals surface area contributed by atoms with Gasteiger partial charge in [-0.1, -0.05) is 12.8 Å². The number of rotatable bonds is 2. The van der Waals surface area contributed by atoms with Gasteiger partial charge in [-0.3, -0.25) is 4.90 Å². The van der Waals surface area contributed by atoms with Crippen LogP contribution >= 0.6 is 0 Å². The van der Waals surface area contributed by atoms with Crippen LogP contribution in [0, 0.1) is 5.92 Å². The van der Waals surface area contributed by atoms with Gasteiger partial charge in [0.1, 0.15) is 6.04 Å². The molecule has 0 aromatic heterocycles. The fraction of sp³-hybridized carbons (Fsp3) is 0.750. The van der Waals surface area contributed by atoms with Gasteiger partial charge >= 0.3 is 12.1 Å². The average Bonchev–Trinajstić information content (AvgIpc) is 2.78. The molecule has 1 heterocycles. The van der Waals surface area contributed by atoms with E-state index in [1.54, 1.807) is 0 Å². The molecule has 13 heavy (non-hydrogen) atoms. The largest absolute Gasteiger partial charge is 0.465 e. The molecule has 72 valence electrons. The average molecular weight is 185 g/mol. The molecule has 1 amide bonds. The van der Waals surface area contributed by atoms with Crippen molar-refractivity contribution in [3.8, 4) is 0 Å². The summed E-state index contributed by atoms with van der Waals surface area (Å²) in [6, 6.07) is -0.551. The lowest BCUT2D eigenvalue weighted by atomic mass is 10.1. The first kappa shape index (κ1) is 8.34. The Labute approximate surface area is 75.3 Å².